The molecule has 0 saturated heterocycles. The number of benzene rings is 2. The number of carbonyl (C=O) groups is 2. The number of ether oxygens (including phenoxy) is 1. The summed E-state index contributed by atoms with van der Waals surface area (Å²) in [5.41, 5.74) is 0.989. The van der Waals surface area contributed by atoms with Gasteiger partial charge in [0.1, 0.15) is 6.04 Å². The monoisotopic (exact) mass is 379 g/mol. The van der Waals surface area contributed by atoms with E-state index in [1.54, 1.807) is 36.5 Å². The summed E-state index contributed by atoms with van der Waals surface area (Å²) in [6.07, 6.45) is 1.50. The molecule has 142 valence electrons. The van der Waals surface area contributed by atoms with Crippen LogP contribution in [-0.4, -0.2) is 34.9 Å². The first-order valence-electron chi connectivity index (χ1n) is 8.46. The highest BCUT2D eigenvalue weighted by Crippen LogP contribution is 2.20. The van der Waals surface area contributed by atoms with Crippen molar-refractivity contribution in [3.05, 3.63) is 82.0 Å². The molecule has 0 unspecified atom stereocenters. The van der Waals surface area contributed by atoms with Crippen LogP contribution in [0.25, 0.3) is 10.9 Å². The van der Waals surface area contributed by atoms with E-state index in [9.17, 15) is 19.7 Å². The van der Waals surface area contributed by atoms with Crippen molar-refractivity contribution < 1.29 is 19.2 Å². The number of hydrogen-bond donors (Lipinski definition) is 1. The van der Waals surface area contributed by atoms with Gasteiger partial charge in [0.2, 0.25) is 0 Å². The molecule has 2 aromatic carbocycles. The lowest BCUT2D eigenvalue weighted by atomic mass is 10.0. The van der Waals surface area contributed by atoms with Crippen LogP contribution in [0.2, 0.25) is 0 Å². The quantitative estimate of drug-likeness (QED) is 0.400. The first-order chi connectivity index (χ1) is 13.5. The van der Waals surface area contributed by atoms with Crippen molar-refractivity contribution in [1.82, 2.24) is 10.3 Å². The number of nitro benzene ring substituents is 1. The maximum Gasteiger partial charge on any atom is 0.328 e. The summed E-state index contributed by atoms with van der Waals surface area (Å²) in [5, 5.41) is 14.6. The van der Waals surface area contributed by atoms with Crippen LogP contribution in [-0.2, 0) is 16.0 Å². The Hall–Kier alpha value is -3.81. The van der Waals surface area contributed by atoms with Crippen LogP contribution < -0.4 is 5.32 Å². The van der Waals surface area contributed by atoms with E-state index < -0.39 is 22.8 Å². The van der Waals surface area contributed by atoms with Crippen LogP contribution in [0.1, 0.15) is 15.9 Å². The largest absolute Gasteiger partial charge is 0.467 e. The topological polar surface area (TPSA) is 111 Å². The van der Waals surface area contributed by atoms with E-state index in [0.717, 1.165) is 5.39 Å². The van der Waals surface area contributed by atoms with E-state index in [1.165, 1.54) is 19.2 Å². The molecule has 3 rings (SSSR count). The Morgan fingerprint density at radius 2 is 1.89 bits per heavy atom. The molecule has 1 N–H and O–H groups in total. The van der Waals surface area contributed by atoms with E-state index in [0.29, 0.717) is 16.6 Å². The molecule has 0 aliphatic heterocycles. The Bertz CT molecular complexity index is 1050. The average Bonchev–Trinajstić information content (AvgIpc) is 2.72. The molecule has 28 heavy (non-hydrogen) atoms. The van der Waals surface area contributed by atoms with Crippen molar-refractivity contribution in [3.63, 3.8) is 0 Å². The molecular formula is C20H17N3O5. The maximum atomic E-state index is 12.8. The highest BCUT2D eigenvalue weighted by molar-refractivity contribution is 6.06. The third-order valence-corrected chi connectivity index (χ3v) is 4.28. The average molecular weight is 379 g/mol. The summed E-state index contributed by atoms with van der Waals surface area (Å²) in [7, 11) is 1.19. The molecule has 0 aliphatic carbocycles. The minimum atomic E-state index is -1.09. The molecular weight excluding hydrogens is 362 g/mol. The Morgan fingerprint density at radius 1 is 1.14 bits per heavy atom. The van der Waals surface area contributed by atoms with Gasteiger partial charge in [-0.15, -0.1) is 0 Å². The number of fused-ring (bicyclic) bond motifs is 1. The molecule has 1 atom stereocenters. The van der Waals surface area contributed by atoms with Gasteiger partial charge >= 0.3 is 5.97 Å². The predicted octanol–water partition coefficient (Wildman–Crippen LogP) is 2.66. The lowest BCUT2D eigenvalue weighted by molar-refractivity contribution is -0.385. The van der Waals surface area contributed by atoms with Crippen molar-refractivity contribution in [3.8, 4) is 0 Å². The Morgan fingerprint density at radius 3 is 2.64 bits per heavy atom. The van der Waals surface area contributed by atoms with E-state index in [1.807, 2.05) is 12.1 Å². The van der Waals surface area contributed by atoms with Gasteiger partial charge in [0, 0.05) is 29.6 Å². The molecule has 0 aliphatic rings. The molecule has 0 saturated carbocycles. The van der Waals surface area contributed by atoms with Gasteiger partial charge in [-0.1, -0.05) is 36.4 Å². The summed E-state index contributed by atoms with van der Waals surface area (Å²) in [6, 6.07) is 13.7. The standard InChI is InChI=1S/C20H17N3O5/c1-28-20(25)16(12-14-6-2-3-10-17(14)23(26)27)22-19(24)15-9-4-7-13-8-5-11-21-18(13)15/h2-11,16H,12H2,1H3,(H,22,24)/t16-/m0/s1. The van der Waals surface area contributed by atoms with Gasteiger partial charge < -0.3 is 10.1 Å². The van der Waals surface area contributed by atoms with Gasteiger partial charge in [-0.05, 0) is 12.1 Å². The highest BCUT2D eigenvalue weighted by Gasteiger charge is 2.26. The summed E-state index contributed by atoms with van der Waals surface area (Å²) in [5.74, 6) is -1.21. The Labute approximate surface area is 160 Å². The van der Waals surface area contributed by atoms with Crippen molar-refractivity contribution in [2.45, 2.75) is 12.5 Å². The summed E-state index contributed by atoms with van der Waals surface area (Å²) in [4.78, 5) is 39.9. The van der Waals surface area contributed by atoms with Crippen molar-refractivity contribution >= 4 is 28.5 Å². The number of hydrogen-bond acceptors (Lipinski definition) is 6. The molecule has 0 spiro atoms. The molecule has 1 aromatic heterocycles. The van der Waals surface area contributed by atoms with Crippen molar-refractivity contribution in [1.29, 1.82) is 0 Å². The first kappa shape index (κ1) is 19.0. The van der Waals surface area contributed by atoms with Crippen molar-refractivity contribution in [2.24, 2.45) is 0 Å². The third kappa shape index (κ3) is 3.96. The number of rotatable bonds is 6. The molecule has 3 aromatic rings. The zero-order valence-corrected chi connectivity index (χ0v) is 15.0. The third-order valence-electron chi connectivity index (χ3n) is 4.28. The van der Waals surface area contributed by atoms with Crippen molar-refractivity contribution in [2.75, 3.05) is 7.11 Å². The Balaban J connectivity index is 1.90. The van der Waals surface area contributed by atoms with Crippen LogP contribution in [0.4, 0.5) is 5.69 Å². The number of esters is 1. The van der Waals surface area contributed by atoms with Crippen LogP contribution in [0.5, 0.6) is 0 Å². The van der Waals surface area contributed by atoms with E-state index in [2.05, 4.69) is 10.3 Å². The molecule has 8 heteroatoms. The van der Waals surface area contributed by atoms with Gasteiger partial charge in [0.25, 0.3) is 11.6 Å². The number of para-hydroxylation sites is 2. The highest BCUT2D eigenvalue weighted by atomic mass is 16.6. The zero-order chi connectivity index (χ0) is 20.1. The number of amides is 1. The summed E-state index contributed by atoms with van der Waals surface area (Å²) < 4.78 is 4.77. The van der Waals surface area contributed by atoms with Gasteiger partial charge in [0.05, 0.1) is 23.1 Å². The maximum absolute atomic E-state index is 12.8. The lowest BCUT2D eigenvalue weighted by Gasteiger charge is -2.17. The van der Waals surface area contributed by atoms with E-state index in [4.69, 9.17) is 4.74 Å². The number of pyridine rings is 1. The minimum Gasteiger partial charge on any atom is -0.467 e. The fraction of sp³-hybridized carbons (Fsp3) is 0.150. The molecule has 1 amide bonds. The van der Waals surface area contributed by atoms with Crippen LogP contribution >= 0.6 is 0 Å². The first-order valence-corrected chi connectivity index (χ1v) is 8.46. The molecule has 0 radical (unpaired) electrons. The smallest absolute Gasteiger partial charge is 0.328 e. The van der Waals surface area contributed by atoms with Gasteiger partial charge in [0.15, 0.2) is 0 Å². The second kappa shape index (κ2) is 8.26. The van der Waals surface area contributed by atoms with Crippen LogP contribution in [0, 0.1) is 10.1 Å². The van der Waals surface area contributed by atoms with Gasteiger partial charge in [-0.3, -0.25) is 19.9 Å². The van der Waals surface area contributed by atoms with Gasteiger partial charge in [-0.25, -0.2) is 4.79 Å². The summed E-state index contributed by atoms with van der Waals surface area (Å²) >= 11 is 0. The van der Waals surface area contributed by atoms with E-state index >= 15 is 0 Å². The number of nitro groups is 1. The second-order valence-corrected chi connectivity index (χ2v) is 6.02. The zero-order valence-electron chi connectivity index (χ0n) is 15.0. The Kier molecular flexibility index (Phi) is 5.59. The lowest BCUT2D eigenvalue weighted by Crippen LogP contribution is -2.43. The molecule has 8 nitrogen and oxygen atoms in total. The minimum absolute atomic E-state index is 0.0756. The summed E-state index contributed by atoms with van der Waals surface area (Å²) in [6.45, 7) is 0. The number of nitrogens with zero attached hydrogens (tertiary/aromatic N) is 2. The molecule has 0 bridgehead atoms. The normalized spacial score (nSPS) is 11.6. The number of carbonyl (C=O) groups excluding carboxylic acids is 2. The van der Waals surface area contributed by atoms with Crippen LogP contribution in [0.15, 0.2) is 60.8 Å². The molecule has 0 fully saturated rings. The number of nitrogens with one attached hydrogen (secondary N) is 1. The van der Waals surface area contributed by atoms with Gasteiger partial charge in [-0.2, -0.15) is 0 Å². The number of aromatic nitrogens is 1. The fourth-order valence-electron chi connectivity index (χ4n) is 2.94. The molecule has 1 heterocycles. The van der Waals surface area contributed by atoms with E-state index in [-0.39, 0.29) is 12.1 Å². The SMILES string of the molecule is COC(=O)[C@H](Cc1ccccc1[N+](=O)[O-])NC(=O)c1cccc2cccnc12. The fourth-order valence-corrected chi connectivity index (χ4v) is 2.94. The predicted molar refractivity (Wildman–Crippen MR) is 102 cm³/mol. The second-order valence-electron chi connectivity index (χ2n) is 6.02. The van der Waals surface area contributed by atoms with Crippen LogP contribution in [0.3, 0.4) is 0 Å². The number of methoxy groups -OCH3 is 1.